The highest BCUT2D eigenvalue weighted by atomic mass is 19.2. The van der Waals surface area contributed by atoms with E-state index in [1.54, 1.807) is 0 Å². The zero-order chi connectivity index (χ0) is 20.3. The molecule has 0 spiro atoms. The Labute approximate surface area is 159 Å². The second-order valence-electron chi connectivity index (χ2n) is 6.77. The molecule has 0 heterocycles. The number of hydrogen-bond donors (Lipinski definition) is 3. The molecule has 5 nitrogen and oxygen atoms in total. The van der Waals surface area contributed by atoms with Gasteiger partial charge in [0.1, 0.15) is 6.04 Å². The van der Waals surface area contributed by atoms with Gasteiger partial charge in [0.15, 0.2) is 17.5 Å². The molecule has 2 aromatic rings. The SMILES string of the molecule is O=C(NC(C(=O)NO)c1ccc(-c2cc(F)c(F)c(F)c2)cc1)C1CCCC1. The van der Waals surface area contributed by atoms with Gasteiger partial charge in [0.2, 0.25) is 5.91 Å². The Balaban J connectivity index is 1.83. The molecule has 3 rings (SSSR count). The van der Waals surface area contributed by atoms with Gasteiger partial charge in [-0.1, -0.05) is 37.1 Å². The van der Waals surface area contributed by atoms with E-state index in [2.05, 4.69) is 5.32 Å². The lowest BCUT2D eigenvalue weighted by Gasteiger charge is -2.20. The molecule has 0 aromatic heterocycles. The third-order valence-corrected chi connectivity index (χ3v) is 4.95. The predicted octanol–water partition coefficient (Wildman–Crippen LogP) is 3.62. The van der Waals surface area contributed by atoms with Gasteiger partial charge in [-0.3, -0.25) is 14.8 Å². The lowest BCUT2D eigenvalue weighted by atomic mass is 9.99. The molecule has 3 N–H and O–H groups in total. The standard InChI is InChI=1S/C20H19F3N2O3/c21-15-9-14(10-16(22)17(15)23)11-5-7-12(8-6-11)18(20(27)25-28)24-19(26)13-3-1-2-4-13/h5-10,13,18,28H,1-4H2,(H,24,26)(H,25,27). The Kier molecular flexibility index (Phi) is 5.99. The molecule has 2 aromatic carbocycles. The fraction of sp³-hybridized carbons (Fsp3) is 0.300. The molecule has 148 valence electrons. The minimum atomic E-state index is -1.55. The van der Waals surface area contributed by atoms with Crippen LogP contribution in [0.2, 0.25) is 0 Å². The largest absolute Gasteiger partial charge is 0.340 e. The van der Waals surface area contributed by atoms with Gasteiger partial charge in [0.25, 0.3) is 5.91 Å². The minimum absolute atomic E-state index is 0.126. The average molecular weight is 392 g/mol. The van der Waals surface area contributed by atoms with Crippen molar-refractivity contribution in [2.24, 2.45) is 5.92 Å². The Morgan fingerprint density at radius 2 is 1.54 bits per heavy atom. The molecule has 0 saturated heterocycles. The lowest BCUT2D eigenvalue weighted by Crippen LogP contribution is -2.41. The van der Waals surface area contributed by atoms with E-state index in [1.807, 2.05) is 0 Å². The van der Waals surface area contributed by atoms with Crippen molar-refractivity contribution in [2.45, 2.75) is 31.7 Å². The number of rotatable bonds is 5. The van der Waals surface area contributed by atoms with E-state index in [1.165, 1.54) is 29.7 Å². The number of halogens is 3. The predicted molar refractivity (Wildman–Crippen MR) is 94.5 cm³/mol. The summed E-state index contributed by atoms with van der Waals surface area (Å²) in [5, 5.41) is 11.6. The van der Waals surface area contributed by atoms with Crippen LogP contribution in [0.15, 0.2) is 36.4 Å². The highest BCUT2D eigenvalue weighted by Gasteiger charge is 2.28. The molecule has 1 unspecified atom stereocenters. The normalized spacial score (nSPS) is 15.3. The number of benzene rings is 2. The summed E-state index contributed by atoms with van der Waals surface area (Å²) in [6.07, 6.45) is 3.41. The molecular weight excluding hydrogens is 373 g/mol. The second-order valence-corrected chi connectivity index (χ2v) is 6.77. The molecule has 2 amide bonds. The molecule has 1 aliphatic carbocycles. The van der Waals surface area contributed by atoms with Crippen LogP contribution in [0.3, 0.4) is 0 Å². The molecule has 0 bridgehead atoms. The highest BCUT2D eigenvalue weighted by molar-refractivity contribution is 5.89. The van der Waals surface area contributed by atoms with E-state index >= 15 is 0 Å². The zero-order valence-corrected chi connectivity index (χ0v) is 14.8. The van der Waals surface area contributed by atoms with Crippen molar-refractivity contribution in [1.29, 1.82) is 0 Å². The quantitative estimate of drug-likeness (QED) is 0.413. The van der Waals surface area contributed by atoms with Crippen molar-refractivity contribution >= 4 is 11.8 Å². The van der Waals surface area contributed by atoms with Crippen molar-refractivity contribution in [3.05, 3.63) is 59.4 Å². The number of carbonyl (C=O) groups excluding carboxylic acids is 2. The van der Waals surface area contributed by atoms with Gasteiger partial charge < -0.3 is 5.32 Å². The molecule has 1 fully saturated rings. The Morgan fingerprint density at radius 3 is 2.07 bits per heavy atom. The molecule has 1 saturated carbocycles. The smallest absolute Gasteiger partial charge is 0.270 e. The van der Waals surface area contributed by atoms with Gasteiger partial charge in [-0.25, -0.2) is 18.7 Å². The van der Waals surface area contributed by atoms with Crippen LogP contribution in [0.25, 0.3) is 11.1 Å². The molecule has 8 heteroatoms. The van der Waals surface area contributed by atoms with Crippen molar-refractivity contribution in [3.63, 3.8) is 0 Å². The molecule has 0 radical (unpaired) electrons. The van der Waals surface area contributed by atoms with Gasteiger partial charge in [-0.2, -0.15) is 0 Å². The van der Waals surface area contributed by atoms with Gasteiger partial charge >= 0.3 is 0 Å². The van der Waals surface area contributed by atoms with Gasteiger partial charge in [-0.05, 0) is 41.7 Å². The fourth-order valence-corrected chi connectivity index (χ4v) is 3.40. The van der Waals surface area contributed by atoms with Crippen LogP contribution in [0.1, 0.15) is 37.3 Å². The number of nitrogens with one attached hydrogen (secondary N) is 2. The summed E-state index contributed by atoms with van der Waals surface area (Å²) < 4.78 is 40.0. The number of amides is 2. The molecule has 28 heavy (non-hydrogen) atoms. The molecule has 0 aliphatic heterocycles. The third kappa shape index (κ3) is 4.17. The summed E-state index contributed by atoms with van der Waals surface area (Å²) in [6, 6.07) is 6.57. The first kappa shape index (κ1) is 19.9. The lowest BCUT2D eigenvalue weighted by molar-refractivity contribution is -0.136. The maximum absolute atomic E-state index is 13.4. The van der Waals surface area contributed by atoms with Crippen LogP contribution in [0.5, 0.6) is 0 Å². The van der Waals surface area contributed by atoms with Gasteiger partial charge in [0, 0.05) is 5.92 Å². The molecule has 1 aliphatic rings. The van der Waals surface area contributed by atoms with Crippen molar-refractivity contribution in [2.75, 3.05) is 0 Å². The first-order valence-electron chi connectivity index (χ1n) is 8.90. The van der Waals surface area contributed by atoms with Gasteiger partial charge in [0.05, 0.1) is 0 Å². The van der Waals surface area contributed by atoms with E-state index in [0.717, 1.165) is 37.8 Å². The zero-order valence-electron chi connectivity index (χ0n) is 14.8. The van der Waals surface area contributed by atoms with E-state index in [4.69, 9.17) is 5.21 Å². The third-order valence-electron chi connectivity index (χ3n) is 4.95. The topological polar surface area (TPSA) is 78.4 Å². The maximum atomic E-state index is 13.4. The van der Waals surface area contributed by atoms with Crippen LogP contribution < -0.4 is 10.8 Å². The summed E-state index contributed by atoms with van der Waals surface area (Å²) in [5.74, 6) is -5.40. The molecular formula is C20H19F3N2O3. The first-order valence-corrected chi connectivity index (χ1v) is 8.90. The van der Waals surface area contributed by atoms with Gasteiger partial charge in [-0.15, -0.1) is 0 Å². The fourth-order valence-electron chi connectivity index (χ4n) is 3.40. The summed E-state index contributed by atoms with van der Waals surface area (Å²) in [4.78, 5) is 24.4. The van der Waals surface area contributed by atoms with Crippen LogP contribution in [0, 0.1) is 23.4 Å². The van der Waals surface area contributed by atoms with Crippen molar-refractivity contribution in [1.82, 2.24) is 10.8 Å². The summed E-state index contributed by atoms with van der Waals surface area (Å²) in [7, 11) is 0. The van der Waals surface area contributed by atoms with Crippen LogP contribution in [0.4, 0.5) is 13.2 Å². The van der Waals surface area contributed by atoms with Crippen LogP contribution >= 0.6 is 0 Å². The van der Waals surface area contributed by atoms with E-state index in [-0.39, 0.29) is 17.4 Å². The van der Waals surface area contributed by atoms with Crippen LogP contribution in [-0.4, -0.2) is 17.0 Å². The maximum Gasteiger partial charge on any atom is 0.270 e. The monoisotopic (exact) mass is 392 g/mol. The Hall–Kier alpha value is -2.87. The van der Waals surface area contributed by atoms with E-state index in [9.17, 15) is 22.8 Å². The summed E-state index contributed by atoms with van der Waals surface area (Å²) >= 11 is 0. The van der Waals surface area contributed by atoms with Crippen molar-refractivity contribution in [3.8, 4) is 11.1 Å². The number of hydrogen-bond acceptors (Lipinski definition) is 3. The number of carbonyl (C=O) groups is 2. The summed E-state index contributed by atoms with van der Waals surface area (Å²) in [6.45, 7) is 0. The minimum Gasteiger partial charge on any atom is -0.340 e. The van der Waals surface area contributed by atoms with E-state index < -0.39 is 29.4 Å². The Bertz CT molecular complexity index is 858. The average Bonchev–Trinajstić information content (AvgIpc) is 3.24. The summed E-state index contributed by atoms with van der Waals surface area (Å²) in [5.41, 5.74) is 2.43. The first-order chi connectivity index (χ1) is 13.4. The van der Waals surface area contributed by atoms with E-state index in [0.29, 0.717) is 11.1 Å². The second kappa shape index (κ2) is 8.43. The Morgan fingerprint density at radius 1 is 0.964 bits per heavy atom. The highest BCUT2D eigenvalue weighted by Crippen LogP contribution is 2.28. The number of hydroxylamine groups is 1. The van der Waals surface area contributed by atoms with Crippen molar-refractivity contribution < 1.29 is 28.0 Å². The van der Waals surface area contributed by atoms with Crippen LogP contribution in [-0.2, 0) is 9.59 Å². The molecule has 1 atom stereocenters.